The predicted octanol–water partition coefficient (Wildman–Crippen LogP) is 1.56. The van der Waals surface area contributed by atoms with Crippen LogP contribution >= 0.6 is 0 Å². The molecule has 1 aromatic rings. The molecule has 0 spiro atoms. The number of hydrogen-bond acceptors (Lipinski definition) is 4. The van der Waals surface area contributed by atoms with E-state index in [1.54, 1.807) is 25.1 Å². The molecular formula is C12H14O5. The maximum atomic E-state index is 11.0. The highest BCUT2D eigenvalue weighted by molar-refractivity contribution is 5.71. The molecule has 0 aliphatic carbocycles. The Morgan fingerprint density at radius 1 is 1.41 bits per heavy atom. The number of hydrogen-bond donors (Lipinski definition) is 2. The number of aliphatic carboxylic acids is 1. The van der Waals surface area contributed by atoms with E-state index in [-0.39, 0.29) is 6.79 Å². The summed E-state index contributed by atoms with van der Waals surface area (Å²) in [6, 6.07) is 4.96. The number of benzene rings is 1. The van der Waals surface area contributed by atoms with Crippen molar-refractivity contribution in [3.8, 4) is 11.5 Å². The molecule has 0 saturated heterocycles. The van der Waals surface area contributed by atoms with Crippen LogP contribution in [0.2, 0.25) is 0 Å². The van der Waals surface area contributed by atoms with Gasteiger partial charge in [0.1, 0.15) is 0 Å². The summed E-state index contributed by atoms with van der Waals surface area (Å²) in [4.78, 5) is 11.0. The molecule has 17 heavy (non-hydrogen) atoms. The molecular weight excluding hydrogens is 224 g/mol. The molecule has 0 bridgehead atoms. The number of aliphatic hydroxyl groups excluding tert-OH is 1. The highest BCUT2D eigenvalue weighted by Crippen LogP contribution is 2.36. The summed E-state index contributed by atoms with van der Waals surface area (Å²) in [7, 11) is 0. The summed E-state index contributed by atoms with van der Waals surface area (Å²) in [6.45, 7) is 1.89. The molecule has 2 N–H and O–H groups in total. The lowest BCUT2D eigenvalue weighted by Crippen LogP contribution is -2.21. The lowest BCUT2D eigenvalue weighted by atomic mass is 9.93. The van der Waals surface area contributed by atoms with E-state index < -0.39 is 18.0 Å². The number of ether oxygens (including phenoxy) is 2. The number of carboxylic acids is 1. The first-order valence-corrected chi connectivity index (χ1v) is 5.44. The zero-order chi connectivity index (χ0) is 12.4. The topological polar surface area (TPSA) is 76.0 Å². The Morgan fingerprint density at radius 2 is 2.12 bits per heavy atom. The third-order valence-electron chi connectivity index (χ3n) is 2.88. The zero-order valence-electron chi connectivity index (χ0n) is 9.42. The molecule has 1 aliphatic rings. The minimum absolute atomic E-state index is 0.158. The molecule has 0 amide bonds. The molecule has 1 aromatic carbocycles. The van der Waals surface area contributed by atoms with Crippen molar-refractivity contribution >= 4 is 5.97 Å². The van der Waals surface area contributed by atoms with Crippen LogP contribution < -0.4 is 9.47 Å². The van der Waals surface area contributed by atoms with Gasteiger partial charge in [-0.2, -0.15) is 0 Å². The maximum Gasteiger partial charge on any atom is 0.309 e. The van der Waals surface area contributed by atoms with Crippen LogP contribution in [0.3, 0.4) is 0 Å². The summed E-state index contributed by atoms with van der Waals surface area (Å²) in [5, 5.41) is 19.0. The fourth-order valence-corrected chi connectivity index (χ4v) is 1.86. The highest BCUT2D eigenvalue weighted by Gasteiger charge is 2.27. The average molecular weight is 238 g/mol. The van der Waals surface area contributed by atoms with Crippen LogP contribution in [0.4, 0.5) is 0 Å². The number of carbonyl (C=O) groups is 1. The van der Waals surface area contributed by atoms with E-state index in [0.717, 1.165) is 0 Å². The van der Waals surface area contributed by atoms with E-state index in [1.165, 1.54) is 0 Å². The Bertz CT molecular complexity index is 429. The normalized spacial score (nSPS) is 16.6. The Labute approximate surface area is 98.6 Å². The molecule has 1 aliphatic heterocycles. The lowest BCUT2D eigenvalue weighted by molar-refractivity contribution is -0.146. The van der Waals surface area contributed by atoms with Gasteiger partial charge in [0.25, 0.3) is 0 Å². The monoisotopic (exact) mass is 238 g/mol. The highest BCUT2D eigenvalue weighted by atomic mass is 16.7. The van der Waals surface area contributed by atoms with Gasteiger partial charge in [-0.05, 0) is 24.1 Å². The van der Waals surface area contributed by atoms with Crippen molar-refractivity contribution in [1.29, 1.82) is 0 Å². The fourth-order valence-electron chi connectivity index (χ4n) is 1.86. The van der Waals surface area contributed by atoms with Crippen molar-refractivity contribution in [2.45, 2.75) is 19.4 Å². The van der Waals surface area contributed by atoms with Gasteiger partial charge in [-0.3, -0.25) is 4.79 Å². The minimum atomic E-state index is -1.04. The Morgan fingerprint density at radius 3 is 2.76 bits per heavy atom. The third kappa shape index (κ3) is 2.19. The Kier molecular flexibility index (Phi) is 3.19. The lowest BCUT2D eigenvalue weighted by Gasteiger charge is -2.18. The van der Waals surface area contributed by atoms with Gasteiger partial charge in [-0.1, -0.05) is 13.0 Å². The van der Waals surface area contributed by atoms with Gasteiger partial charge in [0.15, 0.2) is 11.5 Å². The van der Waals surface area contributed by atoms with E-state index in [4.69, 9.17) is 14.6 Å². The molecule has 2 rings (SSSR count). The fraction of sp³-hybridized carbons (Fsp3) is 0.417. The van der Waals surface area contributed by atoms with Gasteiger partial charge in [0, 0.05) is 0 Å². The summed E-state index contributed by atoms with van der Waals surface area (Å²) in [5.41, 5.74) is 0.531. The van der Waals surface area contributed by atoms with E-state index in [1.807, 2.05) is 0 Å². The van der Waals surface area contributed by atoms with Gasteiger partial charge in [-0.25, -0.2) is 0 Å². The molecule has 0 fully saturated rings. The third-order valence-corrected chi connectivity index (χ3v) is 2.88. The van der Waals surface area contributed by atoms with Gasteiger partial charge in [0.2, 0.25) is 6.79 Å². The predicted molar refractivity (Wildman–Crippen MR) is 58.9 cm³/mol. The number of aliphatic hydroxyl groups is 1. The molecule has 0 radical (unpaired) electrons. The first-order valence-electron chi connectivity index (χ1n) is 5.44. The van der Waals surface area contributed by atoms with Crippen LogP contribution in [0.5, 0.6) is 11.5 Å². The standard InChI is InChI=1S/C12H14O5/c1-2-8(12(14)15)11(13)7-3-4-9-10(5-7)17-6-16-9/h3-5,8,11,13H,2,6H2,1H3,(H,14,15). The van der Waals surface area contributed by atoms with Crippen LogP contribution in [-0.4, -0.2) is 23.0 Å². The van der Waals surface area contributed by atoms with Crippen molar-refractivity contribution < 1.29 is 24.5 Å². The smallest absolute Gasteiger partial charge is 0.309 e. The molecule has 2 atom stereocenters. The van der Waals surface area contributed by atoms with Crippen LogP contribution in [0, 0.1) is 5.92 Å². The molecule has 92 valence electrons. The van der Waals surface area contributed by atoms with Gasteiger partial charge >= 0.3 is 5.97 Å². The van der Waals surface area contributed by atoms with Crippen LogP contribution in [0.25, 0.3) is 0 Å². The quantitative estimate of drug-likeness (QED) is 0.832. The Hall–Kier alpha value is -1.75. The van der Waals surface area contributed by atoms with Gasteiger partial charge in [-0.15, -0.1) is 0 Å². The van der Waals surface area contributed by atoms with Crippen molar-refractivity contribution in [1.82, 2.24) is 0 Å². The van der Waals surface area contributed by atoms with Crippen molar-refractivity contribution in [3.05, 3.63) is 23.8 Å². The first kappa shape index (κ1) is 11.7. The van der Waals surface area contributed by atoms with Gasteiger partial charge in [0.05, 0.1) is 12.0 Å². The molecule has 0 aromatic heterocycles. The Balaban J connectivity index is 2.24. The van der Waals surface area contributed by atoms with Crippen molar-refractivity contribution in [3.63, 3.8) is 0 Å². The summed E-state index contributed by atoms with van der Waals surface area (Å²) in [5.74, 6) is -0.654. The van der Waals surface area contributed by atoms with E-state index >= 15 is 0 Å². The molecule has 5 heteroatoms. The van der Waals surface area contributed by atoms with Crippen LogP contribution in [-0.2, 0) is 4.79 Å². The number of carboxylic acid groups (broad SMARTS) is 1. The van der Waals surface area contributed by atoms with Crippen molar-refractivity contribution in [2.24, 2.45) is 5.92 Å². The zero-order valence-corrected chi connectivity index (χ0v) is 9.42. The van der Waals surface area contributed by atoms with E-state index in [0.29, 0.717) is 23.5 Å². The second-order valence-electron chi connectivity index (χ2n) is 3.91. The van der Waals surface area contributed by atoms with E-state index in [9.17, 15) is 9.90 Å². The summed E-state index contributed by atoms with van der Waals surface area (Å²) >= 11 is 0. The minimum Gasteiger partial charge on any atom is -0.481 e. The van der Waals surface area contributed by atoms with Crippen LogP contribution in [0.15, 0.2) is 18.2 Å². The maximum absolute atomic E-state index is 11.0. The van der Waals surface area contributed by atoms with Crippen LogP contribution in [0.1, 0.15) is 25.0 Å². The molecule has 0 saturated carbocycles. The molecule has 1 heterocycles. The number of rotatable bonds is 4. The number of fused-ring (bicyclic) bond motifs is 1. The first-order chi connectivity index (χ1) is 8.13. The van der Waals surface area contributed by atoms with Crippen molar-refractivity contribution in [2.75, 3.05) is 6.79 Å². The molecule has 5 nitrogen and oxygen atoms in total. The second-order valence-corrected chi connectivity index (χ2v) is 3.91. The molecule has 2 unspecified atom stereocenters. The largest absolute Gasteiger partial charge is 0.481 e. The SMILES string of the molecule is CCC(C(=O)O)C(O)c1ccc2c(c1)OCO2. The average Bonchev–Trinajstić information content (AvgIpc) is 2.75. The van der Waals surface area contributed by atoms with Gasteiger partial charge < -0.3 is 19.7 Å². The second kappa shape index (κ2) is 4.63. The summed E-state index contributed by atoms with van der Waals surface area (Å²) < 4.78 is 10.3. The van der Waals surface area contributed by atoms with E-state index in [2.05, 4.69) is 0 Å². The summed E-state index contributed by atoms with van der Waals surface area (Å²) in [6.07, 6.45) is -0.669.